The van der Waals surface area contributed by atoms with Crippen LogP contribution < -0.4 is 0 Å². The first kappa shape index (κ1) is 22.5. The van der Waals surface area contributed by atoms with Crippen molar-refractivity contribution in [3.63, 3.8) is 0 Å². The second-order valence-electron chi connectivity index (χ2n) is 9.21. The monoisotopic (exact) mass is 434 g/mol. The molecule has 0 bridgehead atoms. The molecule has 0 unspecified atom stereocenters. The molecule has 0 amide bonds. The summed E-state index contributed by atoms with van der Waals surface area (Å²) < 4.78 is 2.21. The fourth-order valence-corrected chi connectivity index (χ4v) is 4.32. The molecule has 0 N–H and O–H groups in total. The number of hydrogen-bond acceptors (Lipinski definition) is 2. The van der Waals surface area contributed by atoms with Gasteiger partial charge in [-0.05, 0) is 54.0 Å². The van der Waals surface area contributed by atoms with E-state index in [0.717, 1.165) is 39.6 Å². The Morgan fingerprint density at radius 3 is 2.00 bits per heavy atom. The molecule has 0 saturated heterocycles. The van der Waals surface area contributed by atoms with Crippen LogP contribution in [0.15, 0.2) is 60.7 Å². The smallest absolute Gasteiger partial charge is 0.190 e. The normalized spacial score (nSPS) is 11.2. The summed E-state index contributed by atoms with van der Waals surface area (Å²) in [6, 6.07) is 20.8. The summed E-state index contributed by atoms with van der Waals surface area (Å²) in [5.74, 6) is 2.24. The lowest BCUT2D eigenvalue weighted by atomic mass is 9.92. The van der Waals surface area contributed by atoms with Crippen molar-refractivity contribution in [2.75, 3.05) is 0 Å². The first-order valence-corrected chi connectivity index (χ1v) is 11.5. The predicted octanol–water partition coefficient (Wildman–Crippen LogP) is 8.02. The maximum absolute atomic E-state index is 7.59. The fourth-order valence-electron chi connectivity index (χ4n) is 4.32. The van der Waals surface area contributed by atoms with Crippen LogP contribution in [0.25, 0.3) is 33.3 Å². The minimum atomic E-state index is 0.329. The Kier molecular flexibility index (Phi) is 6.16. The van der Waals surface area contributed by atoms with E-state index >= 15 is 0 Å². The quantitative estimate of drug-likeness (QED) is 0.298. The van der Waals surface area contributed by atoms with Crippen LogP contribution in [0.4, 0.5) is 5.69 Å². The molecular weight excluding hydrogens is 404 g/mol. The molecule has 4 nitrogen and oxygen atoms in total. The van der Waals surface area contributed by atoms with Gasteiger partial charge >= 0.3 is 0 Å². The Morgan fingerprint density at radius 1 is 0.758 bits per heavy atom. The van der Waals surface area contributed by atoms with Gasteiger partial charge in [-0.25, -0.2) is 4.85 Å². The molecule has 4 rings (SSSR count). The van der Waals surface area contributed by atoms with Gasteiger partial charge in [0.25, 0.3) is 0 Å². The SMILES string of the molecule is [C-]#[N+]c1cc(-c2nnc(-c3ccccc3C)n2-c2c(C(C)C)cccc2C(C)C)ccc1C. The number of benzene rings is 3. The molecule has 0 fully saturated rings. The zero-order valence-corrected chi connectivity index (χ0v) is 20.2. The van der Waals surface area contributed by atoms with Crippen molar-refractivity contribution in [2.45, 2.75) is 53.4 Å². The lowest BCUT2D eigenvalue weighted by Gasteiger charge is -2.23. The summed E-state index contributed by atoms with van der Waals surface area (Å²) in [6.45, 7) is 20.6. The van der Waals surface area contributed by atoms with E-state index in [0.29, 0.717) is 17.5 Å². The molecule has 0 saturated carbocycles. The Hall–Kier alpha value is -3.71. The number of aryl methyl sites for hydroxylation is 2. The van der Waals surface area contributed by atoms with Gasteiger partial charge in [-0.2, -0.15) is 0 Å². The highest BCUT2D eigenvalue weighted by Gasteiger charge is 2.24. The molecule has 166 valence electrons. The third-order valence-electron chi connectivity index (χ3n) is 6.20. The summed E-state index contributed by atoms with van der Waals surface area (Å²) in [5.41, 5.74) is 8.37. The highest BCUT2D eigenvalue weighted by molar-refractivity contribution is 5.73. The highest BCUT2D eigenvalue weighted by Crippen LogP contribution is 2.38. The average molecular weight is 435 g/mol. The molecule has 1 heterocycles. The van der Waals surface area contributed by atoms with E-state index in [9.17, 15) is 0 Å². The second kappa shape index (κ2) is 9.03. The minimum absolute atomic E-state index is 0.329. The van der Waals surface area contributed by atoms with Crippen molar-refractivity contribution in [1.82, 2.24) is 14.8 Å². The summed E-state index contributed by atoms with van der Waals surface area (Å²) in [4.78, 5) is 3.72. The van der Waals surface area contributed by atoms with Crippen molar-refractivity contribution in [3.8, 4) is 28.5 Å². The molecule has 0 aliphatic carbocycles. The van der Waals surface area contributed by atoms with Gasteiger partial charge in [-0.1, -0.05) is 82.3 Å². The molecule has 3 aromatic carbocycles. The van der Waals surface area contributed by atoms with Crippen LogP contribution in [-0.4, -0.2) is 14.8 Å². The van der Waals surface area contributed by atoms with Gasteiger partial charge in [0, 0.05) is 11.1 Å². The number of aromatic nitrogens is 3. The van der Waals surface area contributed by atoms with Gasteiger partial charge in [0.2, 0.25) is 0 Å². The molecular formula is C29H30N4. The number of para-hydroxylation sites is 1. The second-order valence-corrected chi connectivity index (χ2v) is 9.21. The first-order chi connectivity index (χ1) is 15.8. The van der Waals surface area contributed by atoms with Crippen molar-refractivity contribution in [1.29, 1.82) is 0 Å². The van der Waals surface area contributed by atoms with Crippen LogP contribution in [0.2, 0.25) is 0 Å². The van der Waals surface area contributed by atoms with Gasteiger partial charge in [0.05, 0.1) is 12.3 Å². The Morgan fingerprint density at radius 2 is 1.39 bits per heavy atom. The maximum Gasteiger partial charge on any atom is 0.190 e. The third-order valence-corrected chi connectivity index (χ3v) is 6.20. The van der Waals surface area contributed by atoms with Crippen molar-refractivity contribution < 1.29 is 0 Å². The van der Waals surface area contributed by atoms with Gasteiger partial charge in [0.1, 0.15) is 0 Å². The molecule has 4 heteroatoms. The average Bonchev–Trinajstić information content (AvgIpc) is 3.23. The van der Waals surface area contributed by atoms with E-state index in [1.54, 1.807) is 0 Å². The molecule has 1 aromatic heterocycles. The van der Waals surface area contributed by atoms with E-state index in [-0.39, 0.29) is 0 Å². The Bertz CT molecular complexity index is 1330. The zero-order chi connectivity index (χ0) is 23.7. The van der Waals surface area contributed by atoms with Crippen LogP contribution in [-0.2, 0) is 0 Å². The Labute approximate surface area is 196 Å². The van der Waals surface area contributed by atoms with E-state index in [1.807, 2.05) is 37.3 Å². The number of rotatable bonds is 5. The maximum atomic E-state index is 7.59. The largest absolute Gasteiger partial charge is 0.274 e. The van der Waals surface area contributed by atoms with Crippen LogP contribution in [0.1, 0.15) is 61.8 Å². The molecule has 0 aliphatic rings. The summed E-state index contributed by atoms with van der Waals surface area (Å²) in [5, 5.41) is 9.41. The first-order valence-electron chi connectivity index (χ1n) is 11.5. The van der Waals surface area contributed by atoms with Crippen LogP contribution >= 0.6 is 0 Å². The summed E-state index contributed by atoms with van der Waals surface area (Å²) in [6.07, 6.45) is 0. The lowest BCUT2D eigenvalue weighted by molar-refractivity contribution is 0.807. The fraction of sp³-hybridized carbons (Fsp3) is 0.276. The molecule has 0 atom stereocenters. The number of nitrogens with zero attached hydrogens (tertiary/aromatic N) is 4. The lowest BCUT2D eigenvalue weighted by Crippen LogP contribution is -2.10. The standard InChI is InChI=1S/C29H30N4/c1-18(2)23-13-10-14-24(19(3)4)27(23)33-28(22-16-15-21(6)26(17-22)30-7)31-32-29(33)25-12-9-8-11-20(25)5/h8-19H,1-6H3. The van der Waals surface area contributed by atoms with E-state index < -0.39 is 0 Å². The van der Waals surface area contributed by atoms with Crippen LogP contribution in [0.3, 0.4) is 0 Å². The molecule has 0 aliphatic heterocycles. The third kappa shape index (κ3) is 4.07. The molecule has 4 aromatic rings. The van der Waals surface area contributed by atoms with E-state index in [2.05, 4.69) is 74.4 Å². The molecule has 0 spiro atoms. The minimum Gasteiger partial charge on any atom is -0.274 e. The topological polar surface area (TPSA) is 35.1 Å². The zero-order valence-electron chi connectivity index (χ0n) is 20.2. The van der Waals surface area contributed by atoms with Gasteiger partial charge in [-0.15, -0.1) is 10.2 Å². The Balaban J connectivity index is 2.13. The van der Waals surface area contributed by atoms with Crippen LogP contribution in [0.5, 0.6) is 0 Å². The summed E-state index contributed by atoms with van der Waals surface area (Å²) in [7, 11) is 0. The van der Waals surface area contributed by atoms with Gasteiger partial charge in [0.15, 0.2) is 17.3 Å². The van der Waals surface area contributed by atoms with Crippen LogP contribution in [0, 0.1) is 20.4 Å². The van der Waals surface area contributed by atoms with Gasteiger partial charge in [-0.3, -0.25) is 4.57 Å². The van der Waals surface area contributed by atoms with Gasteiger partial charge < -0.3 is 0 Å². The van der Waals surface area contributed by atoms with E-state index in [4.69, 9.17) is 16.8 Å². The summed E-state index contributed by atoms with van der Waals surface area (Å²) >= 11 is 0. The predicted molar refractivity (Wildman–Crippen MR) is 136 cm³/mol. The number of hydrogen-bond donors (Lipinski definition) is 0. The van der Waals surface area contributed by atoms with Crippen molar-refractivity contribution in [3.05, 3.63) is 94.3 Å². The van der Waals surface area contributed by atoms with Crippen molar-refractivity contribution in [2.24, 2.45) is 0 Å². The van der Waals surface area contributed by atoms with E-state index in [1.165, 1.54) is 11.1 Å². The van der Waals surface area contributed by atoms with Crippen molar-refractivity contribution >= 4 is 5.69 Å². The highest BCUT2D eigenvalue weighted by atomic mass is 15.3. The molecule has 33 heavy (non-hydrogen) atoms. The molecule has 0 radical (unpaired) electrons.